The lowest BCUT2D eigenvalue weighted by molar-refractivity contribution is -0.142. The lowest BCUT2D eigenvalue weighted by Crippen LogP contribution is -2.58. The predicted octanol–water partition coefficient (Wildman–Crippen LogP) is 0.0507. The molecule has 0 bridgehead atoms. The molecule has 4 amide bonds. The first-order valence-corrected chi connectivity index (χ1v) is 14.3. The summed E-state index contributed by atoms with van der Waals surface area (Å²) in [5.41, 5.74) is 14.3. The number of aliphatic carboxylic acids is 1. The van der Waals surface area contributed by atoms with Crippen LogP contribution in [0.2, 0.25) is 0 Å². The van der Waals surface area contributed by atoms with E-state index in [2.05, 4.69) is 30.9 Å². The fourth-order valence-electron chi connectivity index (χ4n) is 4.89. The van der Waals surface area contributed by atoms with Crippen LogP contribution in [0, 0.1) is 0 Å². The number of amides is 4. The summed E-state index contributed by atoms with van der Waals surface area (Å²) in [6.45, 7) is 0. The number of nitrogens with two attached hydrogens (primary N) is 2. The second-order valence-corrected chi connectivity index (χ2v) is 10.7. The number of benzene rings is 2. The molecule has 0 aliphatic heterocycles. The van der Waals surface area contributed by atoms with Gasteiger partial charge in [0.2, 0.25) is 23.6 Å². The maximum atomic E-state index is 13.6. The number of H-pyrrole nitrogens is 2. The van der Waals surface area contributed by atoms with Crippen LogP contribution in [0.5, 0.6) is 0 Å². The van der Waals surface area contributed by atoms with Crippen LogP contribution in [-0.2, 0) is 43.2 Å². The smallest absolute Gasteiger partial charge is 0.326 e. The lowest BCUT2D eigenvalue weighted by Gasteiger charge is -2.25. The van der Waals surface area contributed by atoms with E-state index in [0.717, 1.165) is 16.5 Å². The quantitative estimate of drug-likeness (QED) is 0.0854. The minimum absolute atomic E-state index is 0.0158. The minimum atomic E-state index is -1.35. The van der Waals surface area contributed by atoms with Crippen LogP contribution < -0.4 is 27.4 Å². The summed E-state index contributed by atoms with van der Waals surface area (Å²) in [5.74, 6) is -4.18. The van der Waals surface area contributed by atoms with Gasteiger partial charge in [-0.1, -0.05) is 48.5 Å². The average molecular weight is 617 g/mol. The molecule has 14 nitrogen and oxygen atoms in total. The molecule has 0 spiro atoms. The van der Waals surface area contributed by atoms with E-state index < -0.39 is 53.8 Å². The maximum absolute atomic E-state index is 13.6. The van der Waals surface area contributed by atoms with Crippen molar-refractivity contribution in [1.82, 2.24) is 30.9 Å². The molecule has 236 valence electrons. The Morgan fingerprint density at radius 2 is 1.47 bits per heavy atom. The first kappa shape index (κ1) is 32.4. The number of carboxylic acids is 1. The Balaban J connectivity index is 1.48. The highest BCUT2D eigenvalue weighted by atomic mass is 16.4. The van der Waals surface area contributed by atoms with Crippen LogP contribution in [0.25, 0.3) is 10.9 Å². The third-order valence-corrected chi connectivity index (χ3v) is 7.27. The van der Waals surface area contributed by atoms with Gasteiger partial charge in [0.05, 0.1) is 12.4 Å². The van der Waals surface area contributed by atoms with Crippen LogP contribution >= 0.6 is 0 Å². The first-order valence-electron chi connectivity index (χ1n) is 14.3. The van der Waals surface area contributed by atoms with E-state index in [9.17, 15) is 29.1 Å². The van der Waals surface area contributed by atoms with Crippen molar-refractivity contribution in [3.63, 3.8) is 0 Å². The molecule has 0 aliphatic carbocycles. The number of imidazole rings is 1. The average Bonchev–Trinajstić information content (AvgIpc) is 3.68. The molecule has 4 aromatic rings. The monoisotopic (exact) mass is 616 g/mol. The number of aromatic nitrogens is 3. The van der Waals surface area contributed by atoms with Gasteiger partial charge >= 0.3 is 5.97 Å². The van der Waals surface area contributed by atoms with Crippen LogP contribution in [0.3, 0.4) is 0 Å². The van der Waals surface area contributed by atoms with E-state index in [1.807, 2.05) is 54.6 Å². The number of fused-ring (bicyclic) bond motifs is 1. The third-order valence-electron chi connectivity index (χ3n) is 7.27. The number of carbonyl (C=O) groups is 5. The Hall–Kier alpha value is -5.50. The van der Waals surface area contributed by atoms with E-state index in [1.54, 1.807) is 6.20 Å². The van der Waals surface area contributed by atoms with Crippen molar-refractivity contribution in [2.75, 3.05) is 0 Å². The topological polar surface area (TPSA) is 238 Å². The normalized spacial score (nSPS) is 13.7. The molecule has 4 unspecified atom stereocenters. The molecular formula is C31H36N8O6. The molecular weight excluding hydrogens is 580 g/mol. The summed E-state index contributed by atoms with van der Waals surface area (Å²) < 4.78 is 0. The molecule has 0 radical (unpaired) electrons. The largest absolute Gasteiger partial charge is 0.480 e. The molecule has 14 heteroatoms. The van der Waals surface area contributed by atoms with Crippen molar-refractivity contribution in [2.45, 2.75) is 56.3 Å². The Morgan fingerprint density at radius 3 is 2.16 bits per heavy atom. The Kier molecular flexibility index (Phi) is 11.0. The fourth-order valence-corrected chi connectivity index (χ4v) is 4.89. The van der Waals surface area contributed by atoms with E-state index in [-0.39, 0.29) is 32.1 Å². The molecule has 0 saturated heterocycles. The van der Waals surface area contributed by atoms with Crippen molar-refractivity contribution in [1.29, 1.82) is 0 Å². The SMILES string of the molecule is NC(=O)CCC(NC(=O)C(Cc1cnc[nH]1)NC(=O)C(N)Cc1ccccc1)C(=O)NC(Cc1c[nH]c2ccccc12)C(=O)O. The molecule has 4 atom stereocenters. The highest BCUT2D eigenvalue weighted by Crippen LogP contribution is 2.19. The van der Waals surface area contributed by atoms with Crippen molar-refractivity contribution in [3.8, 4) is 0 Å². The number of nitrogens with zero attached hydrogens (tertiary/aromatic N) is 1. The van der Waals surface area contributed by atoms with Crippen molar-refractivity contribution in [3.05, 3.63) is 90.1 Å². The predicted molar refractivity (Wildman–Crippen MR) is 164 cm³/mol. The van der Waals surface area contributed by atoms with Crippen LogP contribution in [0.1, 0.15) is 29.7 Å². The van der Waals surface area contributed by atoms with Gasteiger partial charge in [-0.2, -0.15) is 0 Å². The van der Waals surface area contributed by atoms with Gasteiger partial charge in [-0.15, -0.1) is 0 Å². The summed E-state index contributed by atoms with van der Waals surface area (Å²) in [6, 6.07) is 11.6. The molecule has 10 N–H and O–H groups in total. The van der Waals surface area contributed by atoms with Gasteiger partial charge in [-0.25, -0.2) is 9.78 Å². The number of rotatable bonds is 16. The van der Waals surface area contributed by atoms with E-state index in [0.29, 0.717) is 11.3 Å². The number of hydrogen-bond donors (Lipinski definition) is 8. The second kappa shape index (κ2) is 15.3. The zero-order valence-electron chi connectivity index (χ0n) is 24.4. The summed E-state index contributed by atoms with van der Waals surface area (Å²) >= 11 is 0. The van der Waals surface area contributed by atoms with Crippen LogP contribution in [0.15, 0.2) is 73.3 Å². The van der Waals surface area contributed by atoms with E-state index in [1.165, 1.54) is 12.5 Å². The summed E-state index contributed by atoms with van der Waals surface area (Å²) in [4.78, 5) is 73.6. The number of para-hydroxylation sites is 1. The number of aromatic amines is 2. The number of primary amides is 1. The van der Waals surface area contributed by atoms with Gasteiger partial charge in [-0.3, -0.25) is 19.2 Å². The first-order chi connectivity index (χ1) is 21.6. The van der Waals surface area contributed by atoms with Gasteiger partial charge in [0.15, 0.2) is 0 Å². The molecule has 0 saturated carbocycles. The van der Waals surface area contributed by atoms with Crippen molar-refractivity contribution >= 4 is 40.5 Å². The van der Waals surface area contributed by atoms with Gasteiger partial charge in [0.25, 0.3) is 0 Å². The highest BCUT2D eigenvalue weighted by molar-refractivity contribution is 5.95. The fraction of sp³-hybridized carbons (Fsp3) is 0.290. The molecule has 0 aliphatic rings. The Labute approximate surface area is 258 Å². The molecule has 45 heavy (non-hydrogen) atoms. The molecule has 2 aromatic heterocycles. The number of carbonyl (C=O) groups excluding carboxylic acids is 4. The van der Waals surface area contributed by atoms with E-state index in [4.69, 9.17) is 11.5 Å². The number of carboxylic acid groups (broad SMARTS) is 1. The van der Waals surface area contributed by atoms with Gasteiger partial charge in [-0.05, 0) is 30.0 Å². The lowest BCUT2D eigenvalue weighted by atomic mass is 10.0. The number of hydrogen-bond acceptors (Lipinski definition) is 7. The van der Waals surface area contributed by atoms with Crippen LogP contribution in [-0.4, -0.2) is 73.8 Å². The molecule has 2 heterocycles. The minimum Gasteiger partial charge on any atom is -0.480 e. The standard InChI is InChI=1S/C31H36N8O6/c32-22(12-18-6-2-1-3-7-18)28(41)38-25(14-20-16-34-17-36-20)30(43)37-24(10-11-27(33)40)29(42)39-26(31(44)45)13-19-15-35-23-9-5-4-8-21(19)23/h1-9,15-17,22,24-26,35H,10-14,32H2,(H2,33,40)(H,34,36)(H,37,43)(H,38,41)(H,39,42)(H,44,45). The Bertz CT molecular complexity index is 1620. The highest BCUT2D eigenvalue weighted by Gasteiger charge is 2.31. The molecule has 2 aromatic carbocycles. The maximum Gasteiger partial charge on any atom is 0.326 e. The van der Waals surface area contributed by atoms with Gasteiger partial charge < -0.3 is 42.5 Å². The zero-order chi connectivity index (χ0) is 32.3. The summed E-state index contributed by atoms with van der Waals surface area (Å²) in [6.07, 6.45) is 4.26. The van der Waals surface area contributed by atoms with Gasteiger partial charge in [0.1, 0.15) is 18.1 Å². The second-order valence-electron chi connectivity index (χ2n) is 10.7. The number of nitrogens with one attached hydrogen (secondary N) is 5. The Morgan fingerprint density at radius 1 is 0.800 bits per heavy atom. The van der Waals surface area contributed by atoms with Crippen LogP contribution in [0.4, 0.5) is 0 Å². The molecule has 0 fully saturated rings. The summed E-state index contributed by atoms with van der Waals surface area (Å²) in [7, 11) is 0. The zero-order valence-corrected chi connectivity index (χ0v) is 24.4. The summed E-state index contributed by atoms with van der Waals surface area (Å²) in [5, 5.41) is 18.4. The van der Waals surface area contributed by atoms with Gasteiger partial charge in [0, 0.05) is 48.3 Å². The van der Waals surface area contributed by atoms with Crippen molar-refractivity contribution in [2.24, 2.45) is 11.5 Å². The third kappa shape index (κ3) is 9.24. The van der Waals surface area contributed by atoms with E-state index >= 15 is 0 Å². The molecule has 4 rings (SSSR count). The van der Waals surface area contributed by atoms with Crippen molar-refractivity contribution < 1.29 is 29.1 Å².